The first kappa shape index (κ1) is 14.5. The zero-order valence-electron chi connectivity index (χ0n) is 11.3. The molecule has 0 saturated carbocycles. The molecule has 104 valence electrons. The summed E-state index contributed by atoms with van der Waals surface area (Å²) < 4.78 is 12.7. The molecule has 2 nitrogen and oxygen atoms in total. The van der Waals surface area contributed by atoms with Crippen molar-refractivity contribution in [2.75, 3.05) is 6.54 Å². The van der Waals surface area contributed by atoms with Gasteiger partial charge >= 0.3 is 0 Å². The van der Waals surface area contributed by atoms with Crippen LogP contribution in [0.2, 0.25) is 0 Å². The highest BCUT2D eigenvalue weighted by atomic mass is 19.1. The van der Waals surface area contributed by atoms with Crippen LogP contribution in [0.5, 0.6) is 0 Å². The lowest BCUT2D eigenvalue weighted by atomic mass is 10.2. The number of rotatable bonds is 3. The Hall–Kier alpha value is -2.86. The van der Waals surface area contributed by atoms with E-state index in [1.54, 1.807) is 18.2 Å². The van der Waals surface area contributed by atoms with E-state index in [0.717, 1.165) is 5.56 Å². The van der Waals surface area contributed by atoms with Gasteiger partial charge in [0.2, 0.25) is 5.91 Å². The van der Waals surface area contributed by atoms with Crippen LogP contribution < -0.4 is 5.32 Å². The zero-order valence-corrected chi connectivity index (χ0v) is 11.3. The standard InChI is InChI=1S/C18H14FNO/c19-17-11-8-16(9-12-17)7-4-14-20-18(21)13-10-15-5-2-1-3-6-15/h1-3,5-6,8-13H,14H2,(H,20,21)/b13-10+. The SMILES string of the molecule is O=C(/C=C/c1ccccc1)NCC#Cc1ccc(F)cc1. The molecule has 0 aliphatic heterocycles. The fourth-order valence-electron chi connectivity index (χ4n) is 1.61. The van der Waals surface area contributed by atoms with E-state index >= 15 is 0 Å². The van der Waals surface area contributed by atoms with Crippen molar-refractivity contribution in [2.24, 2.45) is 0 Å². The molecular weight excluding hydrogens is 265 g/mol. The maximum absolute atomic E-state index is 12.7. The molecule has 0 fully saturated rings. The van der Waals surface area contributed by atoms with Crippen molar-refractivity contribution in [3.8, 4) is 11.8 Å². The van der Waals surface area contributed by atoms with Crippen molar-refractivity contribution in [1.82, 2.24) is 5.32 Å². The van der Waals surface area contributed by atoms with Crippen LogP contribution in [-0.2, 0) is 4.79 Å². The summed E-state index contributed by atoms with van der Waals surface area (Å²) in [6.07, 6.45) is 3.21. The van der Waals surface area contributed by atoms with Crippen LogP contribution in [0.3, 0.4) is 0 Å². The molecule has 0 saturated heterocycles. The summed E-state index contributed by atoms with van der Waals surface area (Å²) in [6.45, 7) is 0.245. The Balaban J connectivity index is 1.80. The van der Waals surface area contributed by atoms with Crippen LogP contribution in [0.1, 0.15) is 11.1 Å². The lowest BCUT2D eigenvalue weighted by Crippen LogP contribution is -2.20. The summed E-state index contributed by atoms with van der Waals surface area (Å²) in [7, 11) is 0. The summed E-state index contributed by atoms with van der Waals surface area (Å²) in [5.41, 5.74) is 1.68. The predicted octanol–water partition coefficient (Wildman–Crippen LogP) is 3.01. The maximum atomic E-state index is 12.7. The molecule has 0 atom stereocenters. The number of carbonyl (C=O) groups excluding carboxylic acids is 1. The molecule has 0 aromatic heterocycles. The third-order valence-electron chi connectivity index (χ3n) is 2.65. The summed E-state index contributed by atoms with van der Waals surface area (Å²) in [5, 5.41) is 2.66. The molecule has 2 aromatic carbocycles. The van der Waals surface area contributed by atoms with Gasteiger partial charge in [0.25, 0.3) is 0 Å². The first-order valence-corrected chi connectivity index (χ1v) is 6.49. The Morgan fingerprint density at radius 1 is 1.10 bits per heavy atom. The number of hydrogen-bond acceptors (Lipinski definition) is 1. The highest BCUT2D eigenvalue weighted by Gasteiger charge is 1.92. The van der Waals surface area contributed by atoms with E-state index in [-0.39, 0.29) is 18.3 Å². The normalized spacial score (nSPS) is 9.95. The first-order chi connectivity index (χ1) is 10.2. The summed E-state index contributed by atoms with van der Waals surface area (Å²) >= 11 is 0. The molecule has 0 unspecified atom stereocenters. The summed E-state index contributed by atoms with van der Waals surface area (Å²) in [4.78, 5) is 11.6. The number of halogens is 1. The molecule has 0 heterocycles. The molecule has 1 amide bonds. The van der Waals surface area contributed by atoms with Gasteiger partial charge in [-0.2, -0.15) is 0 Å². The summed E-state index contributed by atoms with van der Waals surface area (Å²) in [6, 6.07) is 15.5. The quantitative estimate of drug-likeness (QED) is 0.679. The second-order valence-electron chi connectivity index (χ2n) is 4.27. The lowest BCUT2D eigenvalue weighted by molar-refractivity contribution is -0.116. The van der Waals surface area contributed by atoms with Gasteiger partial charge in [0.15, 0.2) is 0 Å². The highest BCUT2D eigenvalue weighted by molar-refractivity contribution is 5.91. The smallest absolute Gasteiger partial charge is 0.244 e. The van der Waals surface area contributed by atoms with Crippen LogP contribution in [0.4, 0.5) is 4.39 Å². The molecule has 1 N–H and O–H groups in total. The third-order valence-corrected chi connectivity index (χ3v) is 2.65. The Labute approximate surface area is 123 Å². The molecule has 2 aromatic rings. The number of carbonyl (C=O) groups is 1. The topological polar surface area (TPSA) is 29.1 Å². The van der Waals surface area contributed by atoms with Crippen LogP contribution in [0.15, 0.2) is 60.7 Å². The van der Waals surface area contributed by atoms with Gasteiger partial charge in [-0.15, -0.1) is 0 Å². The summed E-state index contributed by atoms with van der Waals surface area (Å²) in [5.74, 6) is 5.16. The minimum absolute atomic E-state index is 0.202. The average molecular weight is 279 g/mol. The van der Waals surface area contributed by atoms with Gasteiger partial charge in [-0.25, -0.2) is 4.39 Å². The van der Waals surface area contributed by atoms with Crippen molar-refractivity contribution in [3.05, 3.63) is 77.6 Å². The van der Waals surface area contributed by atoms with Crippen molar-refractivity contribution in [3.63, 3.8) is 0 Å². The fourth-order valence-corrected chi connectivity index (χ4v) is 1.61. The molecule has 0 aliphatic carbocycles. The van der Waals surface area contributed by atoms with E-state index in [4.69, 9.17) is 0 Å². The van der Waals surface area contributed by atoms with Gasteiger partial charge in [-0.3, -0.25) is 4.79 Å². The van der Waals surface area contributed by atoms with E-state index in [9.17, 15) is 9.18 Å². The Morgan fingerprint density at radius 2 is 1.81 bits per heavy atom. The van der Waals surface area contributed by atoms with Crippen LogP contribution in [0.25, 0.3) is 6.08 Å². The second kappa shape index (κ2) is 7.66. The molecule has 2 rings (SSSR count). The lowest BCUT2D eigenvalue weighted by Gasteiger charge is -1.95. The van der Waals surface area contributed by atoms with Crippen molar-refractivity contribution >= 4 is 12.0 Å². The van der Waals surface area contributed by atoms with Crippen LogP contribution in [0, 0.1) is 17.7 Å². The van der Waals surface area contributed by atoms with Gasteiger partial charge < -0.3 is 5.32 Å². The van der Waals surface area contributed by atoms with Gasteiger partial charge in [-0.1, -0.05) is 42.2 Å². The molecule has 0 aliphatic rings. The third kappa shape index (κ3) is 5.33. The van der Waals surface area contributed by atoms with E-state index in [2.05, 4.69) is 17.2 Å². The van der Waals surface area contributed by atoms with E-state index < -0.39 is 0 Å². The van der Waals surface area contributed by atoms with Crippen molar-refractivity contribution < 1.29 is 9.18 Å². The Morgan fingerprint density at radius 3 is 2.52 bits per heavy atom. The van der Waals surface area contributed by atoms with Gasteiger partial charge in [0.05, 0.1) is 6.54 Å². The van der Waals surface area contributed by atoms with Crippen molar-refractivity contribution in [2.45, 2.75) is 0 Å². The fraction of sp³-hybridized carbons (Fsp3) is 0.0556. The van der Waals surface area contributed by atoms with Gasteiger partial charge in [-0.05, 0) is 35.9 Å². The maximum Gasteiger partial charge on any atom is 0.244 e. The second-order valence-corrected chi connectivity index (χ2v) is 4.27. The first-order valence-electron chi connectivity index (χ1n) is 6.49. The van der Waals surface area contributed by atoms with Crippen LogP contribution >= 0.6 is 0 Å². The zero-order chi connectivity index (χ0) is 14.9. The average Bonchev–Trinajstić information content (AvgIpc) is 2.52. The van der Waals surface area contributed by atoms with Crippen molar-refractivity contribution in [1.29, 1.82) is 0 Å². The Bertz CT molecular complexity index is 679. The number of amides is 1. The molecule has 0 bridgehead atoms. The number of hydrogen-bond donors (Lipinski definition) is 1. The van der Waals surface area contributed by atoms with E-state index in [1.165, 1.54) is 18.2 Å². The minimum Gasteiger partial charge on any atom is -0.342 e. The molecule has 3 heteroatoms. The molecule has 0 radical (unpaired) electrons. The van der Waals surface area contributed by atoms with E-state index in [1.807, 2.05) is 30.3 Å². The largest absolute Gasteiger partial charge is 0.342 e. The molecular formula is C18H14FNO. The van der Waals surface area contributed by atoms with E-state index in [0.29, 0.717) is 5.56 Å². The molecule has 0 spiro atoms. The Kier molecular flexibility index (Phi) is 5.31. The van der Waals surface area contributed by atoms with Gasteiger partial charge in [0, 0.05) is 11.6 Å². The predicted molar refractivity (Wildman–Crippen MR) is 81.8 cm³/mol. The van der Waals surface area contributed by atoms with Gasteiger partial charge in [0.1, 0.15) is 5.82 Å². The minimum atomic E-state index is -0.292. The number of nitrogens with one attached hydrogen (secondary N) is 1. The number of benzene rings is 2. The van der Waals surface area contributed by atoms with Crippen LogP contribution in [-0.4, -0.2) is 12.5 Å². The monoisotopic (exact) mass is 279 g/mol. The highest BCUT2D eigenvalue weighted by Crippen LogP contribution is 2.01. The molecule has 21 heavy (non-hydrogen) atoms.